The third-order valence-electron chi connectivity index (χ3n) is 3.21. The molecule has 0 atom stereocenters. The van der Waals surface area contributed by atoms with Crippen LogP contribution in [0, 0.1) is 0 Å². The van der Waals surface area contributed by atoms with Crippen LogP contribution in [0.5, 0.6) is 0 Å². The van der Waals surface area contributed by atoms with E-state index in [-0.39, 0.29) is 5.54 Å². The van der Waals surface area contributed by atoms with E-state index in [1.807, 2.05) is 7.05 Å². The highest BCUT2D eigenvalue weighted by molar-refractivity contribution is 4.85. The van der Waals surface area contributed by atoms with Crippen LogP contribution in [0.3, 0.4) is 0 Å². The first-order valence-electron chi connectivity index (χ1n) is 5.15. The zero-order chi connectivity index (χ0) is 10.7. The van der Waals surface area contributed by atoms with E-state index in [1.54, 1.807) is 0 Å². The van der Waals surface area contributed by atoms with E-state index >= 15 is 0 Å². The Hall–Kier alpha value is -0.0800. The predicted octanol–water partition coefficient (Wildman–Crippen LogP) is 2.10. The van der Waals surface area contributed by atoms with Crippen LogP contribution in [0.25, 0.3) is 0 Å². The molecule has 1 N–H and O–H groups in total. The maximum atomic E-state index is 3.33. The molecule has 0 aromatic heterocycles. The van der Waals surface area contributed by atoms with Crippen LogP contribution in [0.4, 0.5) is 0 Å². The highest BCUT2D eigenvalue weighted by Gasteiger charge is 2.26. The molecule has 0 aliphatic carbocycles. The highest BCUT2D eigenvalue weighted by Crippen LogP contribution is 2.18. The molecule has 0 bridgehead atoms. The third kappa shape index (κ3) is 4.10. The Kier molecular flexibility index (Phi) is 4.40. The van der Waals surface area contributed by atoms with Gasteiger partial charge in [-0.1, -0.05) is 6.92 Å². The number of rotatable bonds is 5. The van der Waals surface area contributed by atoms with E-state index in [0.29, 0.717) is 5.54 Å². The van der Waals surface area contributed by atoms with Crippen LogP contribution in [0.15, 0.2) is 0 Å². The van der Waals surface area contributed by atoms with Crippen molar-refractivity contribution < 1.29 is 0 Å². The topological polar surface area (TPSA) is 15.3 Å². The minimum absolute atomic E-state index is 0.196. The molecular formula is C11H26N2. The molecule has 0 radical (unpaired) electrons. The van der Waals surface area contributed by atoms with E-state index in [2.05, 4.69) is 51.9 Å². The van der Waals surface area contributed by atoms with Gasteiger partial charge in [-0.15, -0.1) is 0 Å². The molecule has 0 fully saturated rings. The van der Waals surface area contributed by atoms with Crippen LogP contribution < -0.4 is 5.32 Å². The van der Waals surface area contributed by atoms with Gasteiger partial charge in [0.05, 0.1) is 0 Å². The highest BCUT2D eigenvalue weighted by atomic mass is 15.2. The SMILES string of the molecule is CCC(C)(C)N(C)CC(C)(C)NC. The van der Waals surface area contributed by atoms with E-state index in [0.717, 1.165) is 6.54 Å². The van der Waals surface area contributed by atoms with Gasteiger partial charge in [0.15, 0.2) is 0 Å². The Morgan fingerprint density at radius 3 is 1.92 bits per heavy atom. The molecule has 0 aromatic rings. The predicted molar refractivity (Wildman–Crippen MR) is 60.1 cm³/mol. The van der Waals surface area contributed by atoms with Gasteiger partial charge in [0.25, 0.3) is 0 Å². The summed E-state index contributed by atoms with van der Waals surface area (Å²) in [7, 11) is 4.22. The lowest BCUT2D eigenvalue weighted by Crippen LogP contribution is -2.52. The minimum Gasteiger partial charge on any atom is -0.314 e. The van der Waals surface area contributed by atoms with Gasteiger partial charge < -0.3 is 5.32 Å². The zero-order valence-electron chi connectivity index (χ0n) is 10.4. The fourth-order valence-corrected chi connectivity index (χ4v) is 1.16. The Morgan fingerprint density at radius 2 is 1.62 bits per heavy atom. The molecule has 2 heteroatoms. The Morgan fingerprint density at radius 1 is 1.15 bits per heavy atom. The molecule has 0 aliphatic rings. The first kappa shape index (κ1) is 12.9. The van der Waals surface area contributed by atoms with Crippen LogP contribution in [-0.4, -0.2) is 36.6 Å². The van der Waals surface area contributed by atoms with Crippen molar-refractivity contribution in [3.63, 3.8) is 0 Å². The number of likely N-dealkylation sites (N-methyl/N-ethyl adjacent to an activating group) is 2. The summed E-state index contributed by atoms with van der Waals surface area (Å²) in [4.78, 5) is 2.42. The summed E-state index contributed by atoms with van der Waals surface area (Å²) in [6, 6.07) is 0. The quantitative estimate of drug-likeness (QED) is 0.707. The van der Waals surface area contributed by atoms with Gasteiger partial charge in [0.1, 0.15) is 0 Å². The number of hydrogen-bond acceptors (Lipinski definition) is 2. The standard InChI is InChI=1S/C11H26N2/c1-8-11(4,5)13(7)9-10(2,3)12-6/h12H,8-9H2,1-7H3. The monoisotopic (exact) mass is 186 g/mol. The van der Waals surface area contributed by atoms with Gasteiger partial charge in [-0.25, -0.2) is 0 Å². The molecule has 0 aromatic carbocycles. The van der Waals surface area contributed by atoms with E-state index in [4.69, 9.17) is 0 Å². The summed E-state index contributed by atoms with van der Waals surface area (Å²) in [5, 5.41) is 3.33. The van der Waals surface area contributed by atoms with Crippen LogP contribution in [0.2, 0.25) is 0 Å². The fraction of sp³-hybridized carbons (Fsp3) is 1.00. The molecule has 13 heavy (non-hydrogen) atoms. The second kappa shape index (κ2) is 4.43. The Balaban J connectivity index is 4.22. The average molecular weight is 186 g/mol. The van der Waals surface area contributed by atoms with Gasteiger partial charge in [0.2, 0.25) is 0 Å². The molecule has 0 spiro atoms. The number of hydrogen-bond donors (Lipinski definition) is 1. The molecule has 0 unspecified atom stereocenters. The van der Waals surface area contributed by atoms with Crippen molar-refractivity contribution in [2.45, 2.75) is 52.1 Å². The van der Waals surface area contributed by atoms with Crippen LogP contribution in [-0.2, 0) is 0 Å². The molecule has 0 amide bonds. The van der Waals surface area contributed by atoms with Crippen LogP contribution >= 0.6 is 0 Å². The summed E-state index contributed by atoms with van der Waals surface area (Å²) in [5.74, 6) is 0. The summed E-state index contributed by atoms with van der Waals surface area (Å²) in [5.41, 5.74) is 0.495. The normalized spacial score (nSPS) is 13.8. The maximum absolute atomic E-state index is 3.33. The molecule has 0 heterocycles. The molecule has 0 saturated carbocycles. The first-order valence-corrected chi connectivity index (χ1v) is 5.15. The van der Waals surface area contributed by atoms with Crippen molar-refractivity contribution in [1.29, 1.82) is 0 Å². The summed E-state index contributed by atoms with van der Waals surface area (Å²) < 4.78 is 0. The van der Waals surface area contributed by atoms with Crippen LogP contribution in [0.1, 0.15) is 41.0 Å². The third-order valence-corrected chi connectivity index (χ3v) is 3.21. The molecule has 0 rings (SSSR count). The van der Waals surface area contributed by atoms with Crippen molar-refractivity contribution in [2.75, 3.05) is 20.6 Å². The lowest BCUT2D eigenvalue weighted by Gasteiger charge is -2.40. The van der Waals surface area contributed by atoms with E-state index < -0.39 is 0 Å². The van der Waals surface area contributed by atoms with Crippen molar-refractivity contribution in [3.8, 4) is 0 Å². The average Bonchev–Trinajstić information content (AvgIpc) is 2.04. The van der Waals surface area contributed by atoms with Gasteiger partial charge in [-0.05, 0) is 48.2 Å². The summed E-state index contributed by atoms with van der Waals surface area (Å²) in [6.07, 6.45) is 1.18. The number of nitrogens with one attached hydrogen (secondary N) is 1. The zero-order valence-corrected chi connectivity index (χ0v) is 10.4. The van der Waals surface area contributed by atoms with Gasteiger partial charge >= 0.3 is 0 Å². The molecule has 0 saturated heterocycles. The summed E-state index contributed by atoms with van der Waals surface area (Å²) >= 11 is 0. The van der Waals surface area contributed by atoms with Gasteiger partial charge in [-0.3, -0.25) is 4.90 Å². The van der Waals surface area contributed by atoms with Crippen molar-refractivity contribution in [3.05, 3.63) is 0 Å². The largest absolute Gasteiger partial charge is 0.314 e. The van der Waals surface area contributed by atoms with Crippen molar-refractivity contribution >= 4 is 0 Å². The second-order valence-corrected chi connectivity index (χ2v) is 5.16. The van der Waals surface area contributed by atoms with Gasteiger partial charge in [0, 0.05) is 17.6 Å². The van der Waals surface area contributed by atoms with Crippen molar-refractivity contribution in [1.82, 2.24) is 10.2 Å². The molecule has 80 valence electrons. The van der Waals surface area contributed by atoms with Crippen molar-refractivity contribution in [2.24, 2.45) is 0 Å². The van der Waals surface area contributed by atoms with E-state index in [1.165, 1.54) is 6.42 Å². The Bertz CT molecular complexity index is 150. The first-order chi connectivity index (χ1) is 5.75. The second-order valence-electron chi connectivity index (χ2n) is 5.16. The Labute approximate surface area is 83.7 Å². The molecule has 2 nitrogen and oxygen atoms in total. The lowest BCUT2D eigenvalue weighted by atomic mass is 9.96. The molecular weight excluding hydrogens is 160 g/mol. The lowest BCUT2D eigenvalue weighted by molar-refractivity contribution is 0.116. The summed E-state index contributed by atoms with van der Waals surface area (Å²) in [6.45, 7) is 12.4. The van der Waals surface area contributed by atoms with E-state index in [9.17, 15) is 0 Å². The van der Waals surface area contributed by atoms with Gasteiger partial charge in [-0.2, -0.15) is 0 Å². The minimum atomic E-state index is 0.196. The number of nitrogens with zero attached hydrogens (tertiary/aromatic N) is 1. The molecule has 0 aliphatic heterocycles. The fourth-order valence-electron chi connectivity index (χ4n) is 1.16. The smallest absolute Gasteiger partial charge is 0.0249 e. The maximum Gasteiger partial charge on any atom is 0.0249 e.